The van der Waals surface area contributed by atoms with Crippen molar-refractivity contribution in [3.63, 3.8) is 0 Å². The Morgan fingerprint density at radius 1 is 1.32 bits per heavy atom. The zero-order valence-electron chi connectivity index (χ0n) is 13.0. The van der Waals surface area contributed by atoms with Crippen molar-refractivity contribution in [3.8, 4) is 5.75 Å². The van der Waals surface area contributed by atoms with Crippen LogP contribution in [0.4, 0.5) is 5.69 Å². The van der Waals surface area contributed by atoms with Gasteiger partial charge in [-0.15, -0.1) is 0 Å². The van der Waals surface area contributed by atoms with Gasteiger partial charge in [0.05, 0.1) is 6.04 Å². The van der Waals surface area contributed by atoms with Gasteiger partial charge in [0, 0.05) is 17.7 Å². The van der Waals surface area contributed by atoms with E-state index in [1.165, 1.54) is 0 Å². The first-order valence-corrected chi connectivity index (χ1v) is 7.30. The molecule has 5 nitrogen and oxygen atoms in total. The van der Waals surface area contributed by atoms with Gasteiger partial charge in [0.15, 0.2) is 5.76 Å². The number of hydrogen-bond acceptors (Lipinski definition) is 4. The average molecular weight is 300 g/mol. The van der Waals surface area contributed by atoms with Crippen molar-refractivity contribution in [2.24, 2.45) is 0 Å². The zero-order valence-corrected chi connectivity index (χ0v) is 13.0. The second-order valence-corrected chi connectivity index (χ2v) is 6.30. The van der Waals surface area contributed by atoms with Gasteiger partial charge in [-0.25, -0.2) is 0 Å². The predicted octanol–water partition coefficient (Wildman–Crippen LogP) is 3.20. The van der Waals surface area contributed by atoms with Crippen LogP contribution >= 0.6 is 0 Å². The summed E-state index contributed by atoms with van der Waals surface area (Å²) in [5.74, 6) is 1.55. The second kappa shape index (κ2) is 5.09. The lowest BCUT2D eigenvalue weighted by Gasteiger charge is -2.37. The fourth-order valence-corrected chi connectivity index (χ4v) is 2.79. The quantitative estimate of drug-likeness (QED) is 0.835. The molecule has 0 radical (unpaired) electrons. The Labute approximate surface area is 129 Å². The van der Waals surface area contributed by atoms with Crippen molar-refractivity contribution in [2.75, 3.05) is 5.73 Å². The molecule has 0 saturated heterocycles. The normalized spacial score (nSPS) is 19.1. The van der Waals surface area contributed by atoms with E-state index in [1.807, 2.05) is 32.9 Å². The Balaban J connectivity index is 1.90. The molecule has 5 heteroatoms. The molecule has 2 aromatic rings. The third kappa shape index (κ3) is 2.79. The number of nitrogens with two attached hydrogens (primary N) is 1. The highest BCUT2D eigenvalue weighted by Crippen LogP contribution is 2.40. The van der Waals surface area contributed by atoms with Gasteiger partial charge >= 0.3 is 0 Å². The van der Waals surface area contributed by atoms with Crippen LogP contribution in [-0.4, -0.2) is 11.5 Å². The lowest BCUT2D eigenvalue weighted by Crippen LogP contribution is -2.41. The van der Waals surface area contributed by atoms with Gasteiger partial charge in [-0.1, -0.05) is 0 Å². The van der Waals surface area contributed by atoms with Gasteiger partial charge in [0.25, 0.3) is 5.91 Å². The van der Waals surface area contributed by atoms with E-state index in [-0.39, 0.29) is 17.6 Å². The molecule has 1 aromatic carbocycles. The maximum Gasteiger partial charge on any atom is 0.287 e. The van der Waals surface area contributed by atoms with Gasteiger partial charge in [0.1, 0.15) is 17.1 Å². The Morgan fingerprint density at radius 2 is 2.09 bits per heavy atom. The zero-order chi connectivity index (χ0) is 15.9. The predicted molar refractivity (Wildman–Crippen MR) is 83.8 cm³/mol. The highest BCUT2D eigenvalue weighted by molar-refractivity contribution is 5.91. The molecule has 1 unspecified atom stereocenters. The first-order valence-electron chi connectivity index (χ1n) is 7.30. The molecule has 0 spiro atoms. The standard InChI is InChI=1S/C17H20N2O3/c1-10-4-6-15(21-10)16(20)19-13-9-17(2,3)22-14-7-5-11(18)8-12(13)14/h4-8,13H,9,18H2,1-3H3,(H,19,20). The molecule has 22 heavy (non-hydrogen) atoms. The minimum atomic E-state index is -0.361. The van der Waals surface area contributed by atoms with E-state index in [0.29, 0.717) is 23.6 Å². The number of aryl methyl sites for hydroxylation is 1. The molecular formula is C17H20N2O3. The molecule has 0 aliphatic carbocycles. The fraction of sp³-hybridized carbons (Fsp3) is 0.353. The summed E-state index contributed by atoms with van der Waals surface area (Å²) in [6.45, 7) is 5.81. The summed E-state index contributed by atoms with van der Waals surface area (Å²) in [5.41, 5.74) is 7.06. The van der Waals surface area contributed by atoms with Crippen LogP contribution in [0, 0.1) is 6.92 Å². The Morgan fingerprint density at radius 3 is 2.77 bits per heavy atom. The summed E-state index contributed by atoms with van der Waals surface area (Å²) in [6, 6.07) is 8.78. The smallest absolute Gasteiger partial charge is 0.287 e. The Kier molecular flexibility index (Phi) is 3.35. The number of carbonyl (C=O) groups is 1. The number of benzene rings is 1. The minimum absolute atomic E-state index is 0.167. The van der Waals surface area contributed by atoms with E-state index in [9.17, 15) is 4.79 Å². The number of nitrogen functional groups attached to an aromatic ring is 1. The number of nitrogens with one attached hydrogen (secondary N) is 1. The summed E-state index contributed by atoms with van der Waals surface area (Å²) in [4.78, 5) is 12.4. The third-order valence-corrected chi connectivity index (χ3v) is 3.76. The van der Waals surface area contributed by atoms with Crippen molar-refractivity contribution >= 4 is 11.6 Å². The van der Waals surface area contributed by atoms with E-state index in [2.05, 4.69) is 5.32 Å². The van der Waals surface area contributed by atoms with Crippen molar-refractivity contribution in [1.82, 2.24) is 5.32 Å². The average Bonchev–Trinajstić information content (AvgIpc) is 2.85. The SMILES string of the molecule is Cc1ccc(C(=O)NC2CC(C)(C)Oc3ccc(N)cc32)o1. The van der Waals surface area contributed by atoms with Crippen LogP contribution in [0.3, 0.4) is 0 Å². The summed E-state index contributed by atoms with van der Waals surface area (Å²) in [6.07, 6.45) is 0.662. The molecule has 1 aliphatic heterocycles. The molecule has 116 valence electrons. The number of carbonyl (C=O) groups excluding carboxylic acids is 1. The highest BCUT2D eigenvalue weighted by atomic mass is 16.5. The van der Waals surface area contributed by atoms with Crippen LogP contribution in [0.15, 0.2) is 34.7 Å². The number of fused-ring (bicyclic) bond motifs is 1. The molecule has 1 atom stereocenters. The fourth-order valence-electron chi connectivity index (χ4n) is 2.79. The van der Waals surface area contributed by atoms with Crippen LogP contribution in [-0.2, 0) is 0 Å². The van der Waals surface area contributed by atoms with Gasteiger partial charge in [-0.05, 0) is 51.1 Å². The van der Waals surface area contributed by atoms with Gasteiger partial charge in [0.2, 0.25) is 0 Å². The second-order valence-electron chi connectivity index (χ2n) is 6.30. The minimum Gasteiger partial charge on any atom is -0.487 e. The molecule has 1 aliphatic rings. The van der Waals surface area contributed by atoms with Crippen LogP contribution in [0.25, 0.3) is 0 Å². The first kappa shape index (κ1) is 14.5. The van der Waals surface area contributed by atoms with Gasteiger partial charge < -0.3 is 20.2 Å². The van der Waals surface area contributed by atoms with Crippen molar-refractivity contribution in [3.05, 3.63) is 47.4 Å². The first-order chi connectivity index (χ1) is 10.3. The van der Waals surface area contributed by atoms with Crippen LogP contribution in [0.2, 0.25) is 0 Å². The number of hydrogen-bond donors (Lipinski definition) is 2. The molecule has 1 amide bonds. The van der Waals surface area contributed by atoms with Gasteiger partial charge in [-0.3, -0.25) is 4.79 Å². The monoisotopic (exact) mass is 300 g/mol. The lowest BCUT2D eigenvalue weighted by atomic mass is 9.89. The summed E-state index contributed by atoms with van der Waals surface area (Å²) < 4.78 is 11.3. The summed E-state index contributed by atoms with van der Waals surface area (Å²) >= 11 is 0. The van der Waals surface area contributed by atoms with Crippen molar-refractivity contribution < 1.29 is 13.9 Å². The number of ether oxygens (including phenoxy) is 1. The molecule has 2 heterocycles. The summed E-state index contributed by atoms with van der Waals surface area (Å²) in [5, 5.41) is 3.02. The van der Waals surface area contributed by atoms with Crippen molar-refractivity contribution in [2.45, 2.75) is 38.8 Å². The molecule has 0 fully saturated rings. The third-order valence-electron chi connectivity index (χ3n) is 3.76. The van der Waals surface area contributed by atoms with Crippen LogP contribution < -0.4 is 15.8 Å². The molecular weight excluding hydrogens is 280 g/mol. The van der Waals surface area contributed by atoms with E-state index < -0.39 is 0 Å². The highest BCUT2D eigenvalue weighted by Gasteiger charge is 2.35. The van der Waals surface area contributed by atoms with E-state index >= 15 is 0 Å². The molecule has 1 aromatic heterocycles. The molecule has 3 N–H and O–H groups in total. The Bertz CT molecular complexity index is 718. The topological polar surface area (TPSA) is 77.5 Å². The Hall–Kier alpha value is -2.43. The van der Waals surface area contributed by atoms with Crippen LogP contribution in [0.1, 0.15) is 48.2 Å². The molecule has 0 saturated carbocycles. The largest absolute Gasteiger partial charge is 0.487 e. The van der Waals surface area contributed by atoms with Crippen molar-refractivity contribution in [1.29, 1.82) is 0 Å². The van der Waals surface area contributed by atoms with Crippen LogP contribution in [0.5, 0.6) is 5.75 Å². The molecule has 0 bridgehead atoms. The summed E-state index contributed by atoms with van der Waals surface area (Å²) in [7, 11) is 0. The lowest BCUT2D eigenvalue weighted by molar-refractivity contribution is 0.0611. The molecule has 3 rings (SSSR count). The number of amides is 1. The number of anilines is 1. The maximum absolute atomic E-state index is 12.4. The van der Waals surface area contributed by atoms with Gasteiger partial charge in [-0.2, -0.15) is 0 Å². The van der Waals surface area contributed by atoms with E-state index in [0.717, 1.165) is 11.3 Å². The van der Waals surface area contributed by atoms with E-state index in [1.54, 1.807) is 18.2 Å². The maximum atomic E-state index is 12.4. The number of rotatable bonds is 2. The number of furan rings is 1. The van der Waals surface area contributed by atoms with E-state index in [4.69, 9.17) is 14.9 Å².